The van der Waals surface area contributed by atoms with E-state index in [2.05, 4.69) is 29.8 Å². The van der Waals surface area contributed by atoms with Crippen molar-refractivity contribution < 1.29 is 0 Å². The van der Waals surface area contributed by atoms with E-state index in [1.807, 2.05) is 0 Å². The Morgan fingerprint density at radius 1 is 1.31 bits per heavy atom. The Morgan fingerprint density at radius 3 is 2.62 bits per heavy atom. The van der Waals surface area contributed by atoms with Crippen LogP contribution in [0.4, 0.5) is 0 Å². The van der Waals surface area contributed by atoms with Crippen LogP contribution in [0.25, 0.3) is 0 Å². The summed E-state index contributed by atoms with van der Waals surface area (Å²) in [5.41, 5.74) is 1.61. The number of hydrogen-bond donors (Lipinski definition) is 0. The molecule has 0 aromatic carbocycles. The van der Waals surface area contributed by atoms with Gasteiger partial charge in [0.2, 0.25) is 0 Å². The van der Waals surface area contributed by atoms with Crippen molar-refractivity contribution in [3.8, 4) is 0 Å². The maximum Gasteiger partial charge on any atom is 0.0180 e. The van der Waals surface area contributed by atoms with E-state index in [0.29, 0.717) is 0 Å². The van der Waals surface area contributed by atoms with Crippen LogP contribution in [0, 0.1) is 5.92 Å². The molecule has 2 rings (SSSR count). The summed E-state index contributed by atoms with van der Waals surface area (Å²) in [6.45, 7) is 7.29. The first-order valence-electron chi connectivity index (χ1n) is 5.41. The lowest BCUT2D eigenvalue weighted by Crippen LogP contribution is -2.36. The summed E-state index contributed by atoms with van der Waals surface area (Å²) in [5.74, 6) is 0.733. The summed E-state index contributed by atoms with van der Waals surface area (Å²) in [4.78, 5) is 4.97. The van der Waals surface area contributed by atoms with E-state index in [1.165, 1.54) is 32.5 Å². The third-order valence-electron chi connectivity index (χ3n) is 3.17. The Kier molecular flexibility index (Phi) is 2.58. The molecule has 0 unspecified atom stereocenters. The van der Waals surface area contributed by atoms with Gasteiger partial charge in [0.1, 0.15) is 0 Å². The second kappa shape index (κ2) is 3.70. The van der Waals surface area contributed by atoms with Crippen molar-refractivity contribution in [3.63, 3.8) is 0 Å². The Bertz CT molecular complexity index is 204. The summed E-state index contributed by atoms with van der Waals surface area (Å²) in [6, 6.07) is 0. The fourth-order valence-corrected chi connectivity index (χ4v) is 2.50. The highest BCUT2D eigenvalue weighted by atomic mass is 15.2. The van der Waals surface area contributed by atoms with Gasteiger partial charge in [0, 0.05) is 37.8 Å². The molecule has 1 atom stereocenters. The van der Waals surface area contributed by atoms with E-state index < -0.39 is 0 Å². The second-order valence-electron chi connectivity index (χ2n) is 4.45. The van der Waals surface area contributed by atoms with Crippen LogP contribution >= 0.6 is 0 Å². The standard InChI is InChI=1S/C11H20N2/c1-10-9-12(2)8-5-11(10)13-6-3-4-7-13/h5,10H,3-4,6-9H2,1-2H3/t10-/m0/s1. The minimum absolute atomic E-state index is 0.733. The first kappa shape index (κ1) is 9.07. The maximum absolute atomic E-state index is 2.58. The van der Waals surface area contributed by atoms with Crippen LogP contribution in [0.15, 0.2) is 11.8 Å². The molecule has 0 aliphatic carbocycles. The average molecular weight is 180 g/mol. The number of likely N-dealkylation sites (tertiary alicyclic amines) is 1. The van der Waals surface area contributed by atoms with E-state index in [9.17, 15) is 0 Å². The van der Waals surface area contributed by atoms with Crippen LogP contribution in [0.2, 0.25) is 0 Å². The molecule has 0 amide bonds. The molecule has 2 aliphatic rings. The van der Waals surface area contributed by atoms with Crippen LogP contribution in [0.3, 0.4) is 0 Å². The molecule has 13 heavy (non-hydrogen) atoms. The summed E-state index contributed by atoms with van der Waals surface area (Å²) < 4.78 is 0. The van der Waals surface area contributed by atoms with Crippen LogP contribution in [0.1, 0.15) is 19.8 Å². The average Bonchev–Trinajstić information content (AvgIpc) is 2.56. The lowest BCUT2D eigenvalue weighted by molar-refractivity contribution is 0.261. The predicted octanol–water partition coefficient (Wildman–Crippen LogP) is 1.55. The van der Waals surface area contributed by atoms with Crippen molar-refractivity contribution in [1.82, 2.24) is 9.80 Å². The molecule has 2 aliphatic heterocycles. The van der Waals surface area contributed by atoms with Gasteiger partial charge in [0.05, 0.1) is 0 Å². The van der Waals surface area contributed by atoms with Gasteiger partial charge in [0.15, 0.2) is 0 Å². The zero-order valence-electron chi connectivity index (χ0n) is 8.79. The highest BCUT2D eigenvalue weighted by Crippen LogP contribution is 2.24. The fraction of sp³-hybridized carbons (Fsp3) is 0.818. The van der Waals surface area contributed by atoms with Gasteiger partial charge in [-0.15, -0.1) is 0 Å². The molecule has 0 saturated carbocycles. The summed E-state index contributed by atoms with van der Waals surface area (Å²) in [6.07, 6.45) is 5.19. The number of nitrogens with zero attached hydrogens (tertiary/aromatic N) is 2. The largest absolute Gasteiger partial charge is 0.375 e. The van der Waals surface area contributed by atoms with Crippen molar-refractivity contribution in [2.24, 2.45) is 5.92 Å². The van der Waals surface area contributed by atoms with Gasteiger partial charge in [-0.05, 0) is 19.9 Å². The van der Waals surface area contributed by atoms with Crippen LogP contribution in [-0.2, 0) is 0 Å². The van der Waals surface area contributed by atoms with E-state index in [4.69, 9.17) is 0 Å². The van der Waals surface area contributed by atoms with E-state index in [-0.39, 0.29) is 0 Å². The Hall–Kier alpha value is -0.500. The van der Waals surface area contributed by atoms with Crippen LogP contribution < -0.4 is 0 Å². The molecule has 0 aromatic heterocycles. The molecule has 0 bridgehead atoms. The quantitative estimate of drug-likeness (QED) is 0.604. The number of likely N-dealkylation sites (N-methyl/N-ethyl adjacent to an activating group) is 1. The van der Waals surface area contributed by atoms with Gasteiger partial charge < -0.3 is 9.80 Å². The second-order valence-corrected chi connectivity index (χ2v) is 4.45. The molecule has 1 fully saturated rings. The molecule has 0 radical (unpaired) electrons. The van der Waals surface area contributed by atoms with Gasteiger partial charge in [-0.25, -0.2) is 0 Å². The SMILES string of the molecule is C[C@H]1CN(C)CC=C1N1CCCC1. The van der Waals surface area contributed by atoms with Crippen molar-refractivity contribution >= 4 is 0 Å². The topological polar surface area (TPSA) is 6.48 Å². The molecule has 0 spiro atoms. The Morgan fingerprint density at radius 2 is 2.00 bits per heavy atom. The molecular weight excluding hydrogens is 160 g/mol. The monoisotopic (exact) mass is 180 g/mol. The number of rotatable bonds is 1. The third-order valence-corrected chi connectivity index (χ3v) is 3.17. The van der Waals surface area contributed by atoms with Crippen molar-refractivity contribution in [2.75, 3.05) is 33.2 Å². The first-order valence-corrected chi connectivity index (χ1v) is 5.41. The Labute approximate surface area is 81.2 Å². The lowest BCUT2D eigenvalue weighted by atomic mass is 10.0. The molecule has 0 aromatic rings. The molecule has 2 heteroatoms. The highest BCUT2D eigenvalue weighted by Gasteiger charge is 2.22. The predicted molar refractivity (Wildman–Crippen MR) is 55.6 cm³/mol. The van der Waals surface area contributed by atoms with Crippen LogP contribution in [0.5, 0.6) is 0 Å². The van der Waals surface area contributed by atoms with Crippen LogP contribution in [-0.4, -0.2) is 43.0 Å². The van der Waals surface area contributed by atoms with Gasteiger partial charge >= 0.3 is 0 Å². The zero-order chi connectivity index (χ0) is 9.26. The maximum atomic E-state index is 2.58. The molecule has 0 N–H and O–H groups in total. The normalized spacial score (nSPS) is 30.8. The van der Waals surface area contributed by atoms with Gasteiger partial charge in [-0.2, -0.15) is 0 Å². The van der Waals surface area contributed by atoms with Crippen molar-refractivity contribution in [2.45, 2.75) is 19.8 Å². The Balaban J connectivity index is 2.04. The van der Waals surface area contributed by atoms with Gasteiger partial charge in [0.25, 0.3) is 0 Å². The minimum atomic E-state index is 0.733. The summed E-state index contributed by atoms with van der Waals surface area (Å²) in [7, 11) is 2.20. The zero-order valence-corrected chi connectivity index (χ0v) is 8.79. The number of hydrogen-bond acceptors (Lipinski definition) is 2. The van der Waals surface area contributed by atoms with E-state index in [1.54, 1.807) is 5.70 Å². The molecule has 2 nitrogen and oxygen atoms in total. The van der Waals surface area contributed by atoms with Crippen molar-refractivity contribution in [1.29, 1.82) is 0 Å². The molecule has 74 valence electrons. The van der Waals surface area contributed by atoms with Crippen molar-refractivity contribution in [3.05, 3.63) is 11.8 Å². The molecule has 1 saturated heterocycles. The van der Waals surface area contributed by atoms with Gasteiger partial charge in [-0.3, -0.25) is 0 Å². The van der Waals surface area contributed by atoms with E-state index >= 15 is 0 Å². The smallest absolute Gasteiger partial charge is 0.0180 e. The lowest BCUT2D eigenvalue weighted by Gasteiger charge is -2.33. The fourth-order valence-electron chi connectivity index (χ4n) is 2.50. The first-order chi connectivity index (χ1) is 6.27. The third kappa shape index (κ3) is 1.88. The minimum Gasteiger partial charge on any atom is -0.375 e. The summed E-state index contributed by atoms with van der Waals surface area (Å²) in [5, 5.41) is 0. The molecular formula is C11H20N2. The molecule has 2 heterocycles. The summed E-state index contributed by atoms with van der Waals surface area (Å²) >= 11 is 0. The highest BCUT2D eigenvalue weighted by molar-refractivity contribution is 5.11. The van der Waals surface area contributed by atoms with Gasteiger partial charge in [-0.1, -0.05) is 13.0 Å². The van der Waals surface area contributed by atoms with E-state index in [0.717, 1.165) is 12.5 Å².